The Labute approximate surface area is 137 Å². The fraction of sp³-hybridized carbons (Fsp3) is 0.611. The van der Waals surface area contributed by atoms with Gasteiger partial charge in [-0.25, -0.2) is 4.98 Å². The van der Waals surface area contributed by atoms with Crippen molar-refractivity contribution in [1.82, 2.24) is 20.2 Å². The fourth-order valence-electron chi connectivity index (χ4n) is 4.12. The van der Waals surface area contributed by atoms with Crippen LogP contribution in [0.2, 0.25) is 0 Å². The minimum atomic E-state index is -0.172. The second kappa shape index (κ2) is 6.59. The first kappa shape index (κ1) is 15.1. The standard InChI is InChI=1S/C18H26N4O/c23-14-3-2-10-22(11-14)12-16-15-4-1-7-20-18(15)21-17(16)13-5-8-19-9-6-13/h1,4,7,13-14,19,23H,2-3,5-6,8-12H2,(H,20,21)/t14-/m0/s1. The average molecular weight is 314 g/mol. The van der Waals surface area contributed by atoms with Gasteiger partial charge in [-0.3, -0.25) is 4.90 Å². The molecule has 0 aliphatic carbocycles. The van der Waals surface area contributed by atoms with E-state index in [0.29, 0.717) is 5.92 Å². The number of hydrogen-bond donors (Lipinski definition) is 3. The Kier molecular flexibility index (Phi) is 4.33. The molecular weight excluding hydrogens is 288 g/mol. The van der Waals surface area contributed by atoms with Gasteiger partial charge in [0.2, 0.25) is 0 Å². The number of likely N-dealkylation sites (tertiary alicyclic amines) is 1. The fourth-order valence-corrected chi connectivity index (χ4v) is 4.12. The number of piperidine rings is 2. The number of rotatable bonds is 3. The van der Waals surface area contributed by atoms with Crippen molar-refractivity contribution >= 4 is 11.0 Å². The molecule has 0 amide bonds. The van der Waals surface area contributed by atoms with Gasteiger partial charge in [0.1, 0.15) is 5.65 Å². The zero-order valence-corrected chi connectivity index (χ0v) is 13.6. The van der Waals surface area contributed by atoms with Crippen LogP contribution in [0, 0.1) is 0 Å². The molecule has 2 aliphatic rings. The molecule has 0 unspecified atom stereocenters. The zero-order chi connectivity index (χ0) is 15.6. The summed E-state index contributed by atoms with van der Waals surface area (Å²) in [6, 6.07) is 4.20. The van der Waals surface area contributed by atoms with Crippen molar-refractivity contribution in [1.29, 1.82) is 0 Å². The highest BCUT2D eigenvalue weighted by Gasteiger charge is 2.25. The highest BCUT2D eigenvalue weighted by Crippen LogP contribution is 2.33. The Morgan fingerprint density at radius 2 is 2.13 bits per heavy atom. The molecule has 2 fully saturated rings. The molecule has 0 saturated carbocycles. The molecule has 4 heterocycles. The number of aromatic amines is 1. The Bertz CT molecular complexity index is 662. The molecule has 5 heteroatoms. The second-order valence-corrected chi connectivity index (χ2v) is 6.97. The highest BCUT2D eigenvalue weighted by atomic mass is 16.3. The summed E-state index contributed by atoms with van der Waals surface area (Å²) < 4.78 is 0. The predicted octanol–water partition coefficient (Wildman–Crippen LogP) is 1.99. The van der Waals surface area contributed by atoms with E-state index in [-0.39, 0.29) is 6.10 Å². The van der Waals surface area contributed by atoms with E-state index in [1.807, 2.05) is 12.3 Å². The molecule has 2 saturated heterocycles. The molecule has 0 spiro atoms. The van der Waals surface area contributed by atoms with Gasteiger partial charge in [0.05, 0.1) is 6.10 Å². The van der Waals surface area contributed by atoms with Crippen molar-refractivity contribution in [3.8, 4) is 0 Å². The number of hydrogen-bond acceptors (Lipinski definition) is 4. The summed E-state index contributed by atoms with van der Waals surface area (Å²) in [7, 11) is 0. The lowest BCUT2D eigenvalue weighted by molar-refractivity contribution is 0.0668. The first-order valence-electron chi connectivity index (χ1n) is 8.88. The Hall–Kier alpha value is -1.43. The summed E-state index contributed by atoms with van der Waals surface area (Å²) in [4.78, 5) is 10.5. The lowest BCUT2D eigenvalue weighted by atomic mass is 9.91. The minimum Gasteiger partial charge on any atom is -0.392 e. The van der Waals surface area contributed by atoms with Crippen LogP contribution in [-0.4, -0.2) is 52.3 Å². The molecule has 1 atom stereocenters. The topological polar surface area (TPSA) is 64.2 Å². The van der Waals surface area contributed by atoms with Crippen LogP contribution in [-0.2, 0) is 6.54 Å². The number of aromatic nitrogens is 2. The van der Waals surface area contributed by atoms with Crippen LogP contribution in [0.15, 0.2) is 18.3 Å². The normalized spacial score (nSPS) is 24.3. The number of H-pyrrole nitrogens is 1. The minimum absolute atomic E-state index is 0.172. The molecule has 2 aliphatic heterocycles. The van der Waals surface area contributed by atoms with Crippen LogP contribution in [0.4, 0.5) is 0 Å². The van der Waals surface area contributed by atoms with E-state index < -0.39 is 0 Å². The van der Waals surface area contributed by atoms with Gasteiger partial charge < -0.3 is 15.4 Å². The van der Waals surface area contributed by atoms with Crippen LogP contribution >= 0.6 is 0 Å². The maximum atomic E-state index is 9.97. The van der Waals surface area contributed by atoms with Gasteiger partial charge in [-0.1, -0.05) is 0 Å². The number of pyridine rings is 1. The molecule has 5 nitrogen and oxygen atoms in total. The number of fused-ring (bicyclic) bond motifs is 1. The predicted molar refractivity (Wildman–Crippen MR) is 91.5 cm³/mol. The van der Waals surface area contributed by atoms with E-state index in [1.54, 1.807) is 0 Å². The van der Waals surface area contributed by atoms with Gasteiger partial charge in [0.25, 0.3) is 0 Å². The van der Waals surface area contributed by atoms with Crippen molar-refractivity contribution in [2.75, 3.05) is 26.2 Å². The molecule has 4 rings (SSSR count). The molecule has 2 aromatic rings. The lowest BCUT2D eigenvalue weighted by Crippen LogP contribution is -2.38. The van der Waals surface area contributed by atoms with E-state index in [2.05, 4.69) is 26.3 Å². The first-order chi connectivity index (χ1) is 11.3. The van der Waals surface area contributed by atoms with Gasteiger partial charge in [-0.05, 0) is 63.0 Å². The smallest absolute Gasteiger partial charge is 0.137 e. The molecule has 0 aromatic carbocycles. The number of nitrogens with zero attached hydrogens (tertiary/aromatic N) is 2. The Morgan fingerprint density at radius 1 is 1.26 bits per heavy atom. The summed E-state index contributed by atoms with van der Waals surface area (Å²) in [6.07, 6.45) is 6.08. The van der Waals surface area contributed by atoms with E-state index in [0.717, 1.165) is 51.2 Å². The Balaban J connectivity index is 1.67. The molecule has 3 N–H and O–H groups in total. The summed E-state index contributed by atoms with van der Waals surface area (Å²) >= 11 is 0. The third-order valence-corrected chi connectivity index (χ3v) is 5.32. The quantitative estimate of drug-likeness (QED) is 0.811. The summed E-state index contributed by atoms with van der Waals surface area (Å²) in [6.45, 7) is 4.97. The number of nitrogens with one attached hydrogen (secondary N) is 2. The molecule has 23 heavy (non-hydrogen) atoms. The molecular formula is C18H26N4O. The van der Waals surface area contributed by atoms with Crippen LogP contribution in [0.5, 0.6) is 0 Å². The van der Waals surface area contributed by atoms with Crippen LogP contribution in [0.25, 0.3) is 11.0 Å². The summed E-state index contributed by atoms with van der Waals surface area (Å²) in [5.74, 6) is 0.593. The second-order valence-electron chi connectivity index (χ2n) is 6.97. The molecule has 2 aromatic heterocycles. The zero-order valence-electron chi connectivity index (χ0n) is 13.6. The van der Waals surface area contributed by atoms with Gasteiger partial charge >= 0.3 is 0 Å². The van der Waals surface area contributed by atoms with Crippen LogP contribution in [0.3, 0.4) is 0 Å². The van der Waals surface area contributed by atoms with E-state index in [1.165, 1.54) is 29.5 Å². The van der Waals surface area contributed by atoms with Crippen molar-refractivity contribution in [3.05, 3.63) is 29.6 Å². The third kappa shape index (κ3) is 3.13. The maximum absolute atomic E-state index is 9.97. The molecule has 124 valence electrons. The summed E-state index contributed by atoms with van der Waals surface area (Å²) in [5, 5.41) is 14.7. The van der Waals surface area contributed by atoms with Gasteiger partial charge in [0.15, 0.2) is 0 Å². The molecule has 0 bridgehead atoms. The SMILES string of the molecule is O[C@H]1CCCN(Cc2c(C3CCNCC3)[nH]c3ncccc23)C1. The van der Waals surface area contributed by atoms with Crippen LogP contribution in [0.1, 0.15) is 42.9 Å². The van der Waals surface area contributed by atoms with Crippen LogP contribution < -0.4 is 5.32 Å². The molecule has 0 radical (unpaired) electrons. The first-order valence-corrected chi connectivity index (χ1v) is 8.88. The largest absolute Gasteiger partial charge is 0.392 e. The van der Waals surface area contributed by atoms with Crippen molar-refractivity contribution in [2.24, 2.45) is 0 Å². The average Bonchev–Trinajstić information content (AvgIpc) is 2.95. The highest BCUT2D eigenvalue weighted by molar-refractivity contribution is 5.81. The van der Waals surface area contributed by atoms with Crippen molar-refractivity contribution < 1.29 is 5.11 Å². The van der Waals surface area contributed by atoms with E-state index >= 15 is 0 Å². The number of aliphatic hydroxyl groups is 1. The van der Waals surface area contributed by atoms with Gasteiger partial charge in [-0.15, -0.1) is 0 Å². The third-order valence-electron chi connectivity index (χ3n) is 5.32. The number of aliphatic hydroxyl groups excluding tert-OH is 1. The van der Waals surface area contributed by atoms with Crippen molar-refractivity contribution in [2.45, 2.75) is 44.2 Å². The lowest BCUT2D eigenvalue weighted by Gasteiger charge is -2.31. The monoisotopic (exact) mass is 314 g/mol. The van der Waals surface area contributed by atoms with Crippen molar-refractivity contribution in [3.63, 3.8) is 0 Å². The summed E-state index contributed by atoms with van der Waals surface area (Å²) in [5.41, 5.74) is 3.78. The van der Waals surface area contributed by atoms with Gasteiger partial charge in [0, 0.05) is 36.3 Å². The van der Waals surface area contributed by atoms with E-state index in [4.69, 9.17) is 0 Å². The van der Waals surface area contributed by atoms with E-state index in [9.17, 15) is 5.11 Å². The van der Waals surface area contributed by atoms with Gasteiger partial charge in [-0.2, -0.15) is 0 Å². The Morgan fingerprint density at radius 3 is 2.96 bits per heavy atom. The maximum Gasteiger partial charge on any atom is 0.137 e. The number of β-amino-alcohol motifs (C(OH)–C–C–N with tert-alkyl or cyclic N) is 1.